The Morgan fingerprint density at radius 2 is 2.24 bits per heavy atom. The van der Waals surface area contributed by atoms with Crippen molar-refractivity contribution in [3.8, 4) is 0 Å². The van der Waals surface area contributed by atoms with Gasteiger partial charge in [0, 0.05) is 13.2 Å². The number of nitrogens with one attached hydrogen (secondary N) is 1. The fourth-order valence-corrected chi connectivity index (χ4v) is 2.06. The predicted molar refractivity (Wildman–Crippen MR) is 74.9 cm³/mol. The maximum Gasteiger partial charge on any atom is 0.140 e. The zero-order valence-corrected chi connectivity index (χ0v) is 11.9. The number of aliphatic hydroxyl groups is 1. The standard InChI is InChI=1S/C12H20BrN3O/c1-12(2,4-3-5-17)8-16-11-10(13)6-9(14)7-15-11/h6-7,17H,3-5,8,14H2,1-2H3,(H,15,16). The van der Waals surface area contributed by atoms with Gasteiger partial charge in [0.25, 0.3) is 0 Å². The van der Waals surface area contributed by atoms with Gasteiger partial charge >= 0.3 is 0 Å². The van der Waals surface area contributed by atoms with Crippen molar-refractivity contribution in [3.63, 3.8) is 0 Å². The predicted octanol–water partition coefficient (Wildman–Crippen LogP) is 2.64. The molecule has 0 amide bonds. The Kier molecular flexibility index (Phi) is 5.21. The average molecular weight is 302 g/mol. The highest BCUT2D eigenvalue weighted by Crippen LogP contribution is 2.26. The van der Waals surface area contributed by atoms with Gasteiger partial charge in [-0.1, -0.05) is 13.8 Å². The Labute approximate surface area is 111 Å². The molecule has 0 unspecified atom stereocenters. The number of pyridine rings is 1. The van der Waals surface area contributed by atoms with Crippen LogP contribution in [0.5, 0.6) is 0 Å². The minimum atomic E-state index is 0.130. The molecule has 0 aliphatic carbocycles. The Balaban J connectivity index is 2.54. The number of nitrogens with two attached hydrogens (primary N) is 1. The third-order valence-corrected chi connectivity index (χ3v) is 3.21. The summed E-state index contributed by atoms with van der Waals surface area (Å²) in [5.74, 6) is 0.802. The molecule has 0 saturated heterocycles. The fraction of sp³-hybridized carbons (Fsp3) is 0.583. The molecule has 0 aliphatic rings. The lowest BCUT2D eigenvalue weighted by molar-refractivity contribution is 0.248. The number of anilines is 2. The monoisotopic (exact) mass is 301 g/mol. The van der Waals surface area contributed by atoms with Crippen LogP contribution in [0.4, 0.5) is 11.5 Å². The number of nitrogens with zero attached hydrogens (tertiary/aromatic N) is 1. The summed E-state index contributed by atoms with van der Waals surface area (Å²) in [6, 6.07) is 1.83. The van der Waals surface area contributed by atoms with Gasteiger partial charge in [-0.2, -0.15) is 0 Å². The van der Waals surface area contributed by atoms with Crippen molar-refractivity contribution in [3.05, 3.63) is 16.7 Å². The van der Waals surface area contributed by atoms with Crippen LogP contribution in [0.1, 0.15) is 26.7 Å². The SMILES string of the molecule is CC(C)(CCCO)CNc1ncc(N)cc1Br. The molecule has 17 heavy (non-hydrogen) atoms. The highest BCUT2D eigenvalue weighted by atomic mass is 79.9. The molecule has 4 N–H and O–H groups in total. The van der Waals surface area contributed by atoms with Gasteiger partial charge in [0.15, 0.2) is 0 Å². The van der Waals surface area contributed by atoms with Gasteiger partial charge in [0.2, 0.25) is 0 Å². The highest BCUT2D eigenvalue weighted by Gasteiger charge is 2.17. The van der Waals surface area contributed by atoms with E-state index < -0.39 is 0 Å². The van der Waals surface area contributed by atoms with Gasteiger partial charge in [-0.05, 0) is 40.3 Å². The lowest BCUT2D eigenvalue weighted by atomic mass is 9.88. The maximum absolute atomic E-state index is 8.84. The van der Waals surface area contributed by atoms with Crippen LogP contribution in [-0.2, 0) is 0 Å². The van der Waals surface area contributed by atoms with Crippen LogP contribution in [0.3, 0.4) is 0 Å². The lowest BCUT2D eigenvalue weighted by Crippen LogP contribution is -2.24. The third kappa shape index (κ3) is 4.91. The molecular weight excluding hydrogens is 282 g/mol. The van der Waals surface area contributed by atoms with E-state index in [0.717, 1.165) is 29.7 Å². The molecule has 0 bridgehead atoms. The zero-order chi connectivity index (χ0) is 12.9. The molecule has 0 aliphatic heterocycles. The fourth-order valence-electron chi connectivity index (χ4n) is 1.55. The average Bonchev–Trinajstić information content (AvgIpc) is 2.25. The first-order valence-electron chi connectivity index (χ1n) is 5.70. The molecule has 0 atom stereocenters. The quantitative estimate of drug-likeness (QED) is 0.755. The van der Waals surface area contributed by atoms with Crippen LogP contribution in [0, 0.1) is 5.41 Å². The summed E-state index contributed by atoms with van der Waals surface area (Å²) in [5, 5.41) is 12.1. The molecule has 1 rings (SSSR count). The second kappa shape index (κ2) is 6.21. The van der Waals surface area contributed by atoms with Crippen molar-refractivity contribution >= 4 is 27.4 Å². The van der Waals surface area contributed by atoms with E-state index >= 15 is 0 Å². The molecule has 1 aromatic rings. The van der Waals surface area contributed by atoms with Crippen LogP contribution >= 0.6 is 15.9 Å². The number of aliphatic hydroxyl groups excluding tert-OH is 1. The van der Waals surface area contributed by atoms with E-state index in [9.17, 15) is 0 Å². The van der Waals surface area contributed by atoms with Crippen molar-refractivity contribution in [2.24, 2.45) is 5.41 Å². The van der Waals surface area contributed by atoms with Crippen molar-refractivity contribution < 1.29 is 5.11 Å². The van der Waals surface area contributed by atoms with Gasteiger partial charge in [0.1, 0.15) is 5.82 Å². The molecular formula is C12H20BrN3O. The second-order valence-corrected chi connectivity index (χ2v) is 5.80. The van der Waals surface area contributed by atoms with E-state index in [4.69, 9.17) is 10.8 Å². The van der Waals surface area contributed by atoms with Crippen molar-refractivity contribution in [2.45, 2.75) is 26.7 Å². The molecule has 0 aromatic carbocycles. The van der Waals surface area contributed by atoms with Crippen LogP contribution < -0.4 is 11.1 Å². The molecule has 0 radical (unpaired) electrons. The van der Waals surface area contributed by atoms with E-state index in [0.29, 0.717) is 5.69 Å². The summed E-state index contributed by atoms with van der Waals surface area (Å²) < 4.78 is 0.871. The summed E-state index contributed by atoms with van der Waals surface area (Å²) in [7, 11) is 0. The summed E-state index contributed by atoms with van der Waals surface area (Å²) in [6.07, 6.45) is 3.43. The number of rotatable bonds is 6. The van der Waals surface area contributed by atoms with Gasteiger partial charge in [-0.3, -0.25) is 0 Å². The van der Waals surface area contributed by atoms with Crippen molar-refractivity contribution in [1.29, 1.82) is 0 Å². The topological polar surface area (TPSA) is 71.2 Å². The number of nitrogen functional groups attached to an aromatic ring is 1. The first-order chi connectivity index (χ1) is 7.94. The Bertz CT molecular complexity index is 369. The van der Waals surface area contributed by atoms with E-state index in [1.807, 2.05) is 6.07 Å². The largest absolute Gasteiger partial charge is 0.397 e. The van der Waals surface area contributed by atoms with E-state index in [-0.39, 0.29) is 12.0 Å². The zero-order valence-electron chi connectivity index (χ0n) is 10.3. The lowest BCUT2D eigenvalue weighted by Gasteiger charge is -2.25. The normalized spacial score (nSPS) is 11.5. The molecule has 1 aromatic heterocycles. The first-order valence-corrected chi connectivity index (χ1v) is 6.50. The summed E-state index contributed by atoms with van der Waals surface area (Å²) >= 11 is 3.42. The van der Waals surface area contributed by atoms with Crippen LogP contribution in [-0.4, -0.2) is 23.2 Å². The summed E-state index contributed by atoms with van der Waals surface area (Å²) in [4.78, 5) is 4.23. The Hall–Kier alpha value is -0.810. The Morgan fingerprint density at radius 1 is 1.53 bits per heavy atom. The van der Waals surface area contributed by atoms with Crippen molar-refractivity contribution in [1.82, 2.24) is 4.98 Å². The number of hydrogen-bond acceptors (Lipinski definition) is 4. The highest BCUT2D eigenvalue weighted by molar-refractivity contribution is 9.10. The second-order valence-electron chi connectivity index (χ2n) is 4.94. The Morgan fingerprint density at radius 3 is 2.82 bits per heavy atom. The number of aromatic nitrogens is 1. The van der Waals surface area contributed by atoms with Gasteiger partial charge in [-0.25, -0.2) is 4.98 Å². The minimum absolute atomic E-state index is 0.130. The smallest absolute Gasteiger partial charge is 0.140 e. The maximum atomic E-state index is 8.84. The molecule has 4 nitrogen and oxygen atoms in total. The number of halogens is 1. The van der Waals surface area contributed by atoms with E-state index in [1.165, 1.54) is 0 Å². The van der Waals surface area contributed by atoms with Crippen LogP contribution in [0.25, 0.3) is 0 Å². The molecule has 1 heterocycles. The molecule has 5 heteroatoms. The number of hydrogen-bond donors (Lipinski definition) is 3. The van der Waals surface area contributed by atoms with Gasteiger partial charge in [0.05, 0.1) is 16.4 Å². The molecule has 0 fully saturated rings. The first kappa shape index (κ1) is 14.3. The molecule has 0 saturated carbocycles. The van der Waals surface area contributed by atoms with Crippen LogP contribution in [0.15, 0.2) is 16.7 Å². The van der Waals surface area contributed by atoms with Crippen LogP contribution in [0.2, 0.25) is 0 Å². The van der Waals surface area contributed by atoms with Gasteiger partial charge in [-0.15, -0.1) is 0 Å². The molecule has 0 spiro atoms. The summed E-state index contributed by atoms with van der Waals surface area (Å²) in [5.41, 5.74) is 6.40. The van der Waals surface area contributed by atoms with Crippen molar-refractivity contribution in [2.75, 3.05) is 24.2 Å². The third-order valence-electron chi connectivity index (χ3n) is 2.61. The van der Waals surface area contributed by atoms with E-state index in [1.54, 1.807) is 6.20 Å². The summed E-state index contributed by atoms with van der Waals surface area (Å²) in [6.45, 7) is 5.39. The van der Waals surface area contributed by atoms with E-state index in [2.05, 4.69) is 40.1 Å². The minimum Gasteiger partial charge on any atom is -0.397 e. The molecule has 96 valence electrons. The van der Waals surface area contributed by atoms with Gasteiger partial charge < -0.3 is 16.2 Å².